The molecule has 0 fully saturated rings. The molecular weight excluding hydrogens is 220 g/mol. The molecule has 0 saturated carbocycles. The molecule has 1 atom stereocenters. The fraction of sp³-hybridized carbons (Fsp3) is 0.917. The lowest BCUT2D eigenvalue weighted by Gasteiger charge is -2.29. The first-order valence-electron chi connectivity index (χ1n) is 6.15. The lowest BCUT2D eigenvalue weighted by Crippen LogP contribution is -2.56. The normalized spacial score (nSPS) is 14.9. The number of carbonyl (C=O) groups excluding carboxylic acids is 1. The van der Waals surface area contributed by atoms with Gasteiger partial charge in [-0.2, -0.15) is 0 Å². The minimum atomic E-state index is -0.709. The molecular formula is C12H26N2O3. The van der Waals surface area contributed by atoms with E-state index in [1.165, 1.54) is 0 Å². The molecule has 0 aromatic heterocycles. The van der Waals surface area contributed by atoms with Crippen LogP contribution in [-0.4, -0.2) is 43.9 Å². The highest BCUT2D eigenvalue weighted by Gasteiger charge is 2.30. The SMILES string of the molecule is CCOCCOCCC(C)(NC(C)C)C(N)=O. The smallest absolute Gasteiger partial charge is 0.237 e. The highest BCUT2D eigenvalue weighted by Crippen LogP contribution is 2.10. The number of carbonyl (C=O) groups is 1. The zero-order valence-corrected chi connectivity index (χ0v) is 11.4. The van der Waals surface area contributed by atoms with Crippen LogP contribution in [0.2, 0.25) is 0 Å². The van der Waals surface area contributed by atoms with Gasteiger partial charge in [-0.1, -0.05) is 0 Å². The monoisotopic (exact) mass is 246 g/mol. The van der Waals surface area contributed by atoms with E-state index in [1.807, 2.05) is 20.8 Å². The van der Waals surface area contributed by atoms with Gasteiger partial charge in [-0.05, 0) is 34.1 Å². The van der Waals surface area contributed by atoms with Crippen LogP contribution in [-0.2, 0) is 14.3 Å². The first kappa shape index (κ1) is 16.4. The van der Waals surface area contributed by atoms with Crippen molar-refractivity contribution in [3.8, 4) is 0 Å². The third-order valence-corrected chi connectivity index (χ3v) is 2.47. The van der Waals surface area contributed by atoms with Crippen LogP contribution in [0.1, 0.15) is 34.1 Å². The standard InChI is InChI=1S/C12H26N2O3/c1-5-16-8-9-17-7-6-12(4,11(13)15)14-10(2)3/h10,14H,5-9H2,1-4H3,(H2,13,15). The maximum Gasteiger partial charge on any atom is 0.237 e. The van der Waals surface area contributed by atoms with E-state index in [9.17, 15) is 4.79 Å². The van der Waals surface area contributed by atoms with Crippen molar-refractivity contribution in [2.75, 3.05) is 26.4 Å². The van der Waals surface area contributed by atoms with Crippen LogP contribution in [0.3, 0.4) is 0 Å². The summed E-state index contributed by atoms with van der Waals surface area (Å²) in [7, 11) is 0. The van der Waals surface area contributed by atoms with Crippen molar-refractivity contribution in [1.82, 2.24) is 5.32 Å². The Morgan fingerprint density at radius 1 is 1.29 bits per heavy atom. The summed E-state index contributed by atoms with van der Waals surface area (Å²) in [5.41, 5.74) is 4.69. The molecule has 0 aromatic carbocycles. The highest BCUT2D eigenvalue weighted by atomic mass is 16.5. The zero-order chi connectivity index (χ0) is 13.3. The topological polar surface area (TPSA) is 73.6 Å². The predicted octanol–water partition coefficient (Wildman–Crippen LogP) is 0.672. The number of hydrogen-bond donors (Lipinski definition) is 2. The Kier molecular flexibility index (Phi) is 8.12. The number of rotatable bonds is 10. The number of amides is 1. The van der Waals surface area contributed by atoms with Crippen LogP contribution in [0.5, 0.6) is 0 Å². The molecule has 0 aromatic rings. The summed E-state index contributed by atoms with van der Waals surface area (Å²) >= 11 is 0. The minimum Gasteiger partial charge on any atom is -0.379 e. The molecule has 0 aliphatic heterocycles. The second-order valence-corrected chi connectivity index (χ2v) is 4.55. The Morgan fingerprint density at radius 2 is 1.88 bits per heavy atom. The molecule has 0 bridgehead atoms. The third-order valence-electron chi connectivity index (χ3n) is 2.47. The van der Waals surface area contributed by atoms with E-state index in [0.717, 1.165) is 0 Å². The van der Waals surface area contributed by atoms with Gasteiger partial charge in [0.2, 0.25) is 5.91 Å². The van der Waals surface area contributed by atoms with Crippen molar-refractivity contribution < 1.29 is 14.3 Å². The lowest BCUT2D eigenvalue weighted by molar-refractivity contribution is -0.125. The number of nitrogens with one attached hydrogen (secondary N) is 1. The van der Waals surface area contributed by atoms with E-state index in [1.54, 1.807) is 6.92 Å². The molecule has 0 rings (SSSR count). The van der Waals surface area contributed by atoms with Crippen LogP contribution < -0.4 is 11.1 Å². The van der Waals surface area contributed by atoms with Crippen molar-refractivity contribution in [2.24, 2.45) is 5.73 Å². The molecule has 0 aliphatic rings. The molecule has 0 aliphatic carbocycles. The molecule has 0 spiro atoms. The second kappa shape index (κ2) is 8.44. The molecule has 1 unspecified atom stereocenters. The average molecular weight is 246 g/mol. The van der Waals surface area contributed by atoms with Crippen LogP contribution in [0, 0.1) is 0 Å². The Morgan fingerprint density at radius 3 is 2.35 bits per heavy atom. The van der Waals surface area contributed by atoms with Crippen molar-refractivity contribution >= 4 is 5.91 Å². The molecule has 0 saturated heterocycles. The number of nitrogens with two attached hydrogens (primary N) is 1. The maximum atomic E-state index is 11.4. The van der Waals surface area contributed by atoms with Gasteiger partial charge in [-0.3, -0.25) is 4.79 Å². The summed E-state index contributed by atoms with van der Waals surface area (Å²) in [6.07, 6.45) is 0.562. The van der Waals surface area contributed by atoms with Gasteiger partial charge in [0.15, 0.2) is 0 Å². The van der Waals surface area contributed by atoms with Crippen LogP contribution in [0.15, 0.2) is 0 Å². The highest BCUT2D eigenvalue weighted by molar-refractivity contribution is 5.84. The van der Waals surface area contributed by atoms with Crippen molar-refractivity contribution in [2.45, 2.75) is 45.7 Å². The van der Waals surface area contributed by atoms with E-state index in [0.29, 0.717) is 32.8 Å². The van der Waals surface area contributed by atoms with Crippen LogP contribution in [0.25, 0.3) is 0 Å². The summed E-state index contributed by atoms with van der Waals surface area (Å²) in [6, 6.07) is 0.205. The Bertz CT molecular complexity index is 222. The largest absolute Gasteiger partial charge is 0.379 e. The Hall–Kier alpha value is -0.650. The van der Waals surface area contributed by atoms with E-state index in [2.05, 4.69) is 5.32 Å². The van der Waals surface area contributed by atoms with Crippen LogP contribution in [0.4, 0.5) is 0 Å². The van der Waals surface area contributed by atoms with Gasteiger partial charge in [-0.25, -0.2) is 0 Å². The van der Waals surface area contributed by atoms with Gasteiger partial charge in [0.25, 0.3) is 0 Å². The van der Waals surface area contributed by atoms with E-state index in [-0.39, 0.29) is 11.9 Å². The molecule has 5 nitrogen and oxygen atoms in total. The molecule has 0 heterocycles. The molecule has 3 N–H and O–H groups in total. The van der Waals surface area contributed by atoms with Gasteiger partial charge in [0.05, 0.1) is 18.8 Å². The number of ether oxygens (including phenoxy) is 2. The van der Waals surface area contributed by atoms with Gasteiger partial charge in [-0.15, -0.1) is 0 Å². The quantitative estimate of drug-likeness (QED) is 0.556. The zero-order valence-electron chi connectivity index (χ0n) is 11.4. The first-order chi connectivity index (χ1) is 7.92. The lowest BCUT2D eigenvalue weighted by atomic mass is 9.96. The van der Waals surface area contributed by atoms with Crippen molar-refractivity contribution in [3.63, 3.8) is 0 Å². The van der Waals surface area contributed by atoms with Crippen LogP contribution >= 0.6 is 0 Å². The summed E-state index contributed by atoms with van der Waals surface area (Å²) < 4.78 is 10.5. The van der Waals surface area contributed by atoms with E-state index >= 15 is 0 Å². The molecule has 5 heteroatoms. The van der Waals surface area contributed by atoms with Gasteiger partial charge < -0.3 is 20.5 Å². The molecule has 0 radical (unpaired) electrons. The third kappa shape index (κ3) is 7.31. The maximum absolute atomic E-state index is 11.4. The predicted molar refractivity (Wildman–Crippen MR) is 67.8 cm³/mol. The van der Waals surface area contributed by atoms with Crippen molar-refractivity contribution in [1.29, 1.82) is 0 Å². The summed E-state index contributed by atoms with van der Waals surface area (Å²) in [4.78, 5) is 11.4. The van der Waals surface area contributed by atoms with Gasteiger partial charge >= 0.3 is 0 Å². The van der Waals surface area contributed by atoms with Gasteiger partial charge in [0, 0.05) is 19.3 Å². The Balaban J connectivity index is 3.89. The number of primary amides is 1. The fourth-order valence-corrected chi connectivity index (χ4v) is 1.54. The molecule has 1 amide bonds. The molecule has 102 valence electrons. The van der Waals surface area contributed by atoms with E-state index < -0.39 is 5.54 Å². The first-order valence-corrected chi connectivity index (χ1v) is 6.15. The Labute approximate surface area is 104 Å². The van der Waals surface area contributed by atoms with Crippen molar-refractivity contribution in [3.05, 3.63) is 0 Å². The summed E-state index contributed by atoms with van der Waals surface area (Å²) in [6.45, 7) is 10.0. The fourth-order valence-electron chi connectivity index (χ4n) is 1.54. The van der Waals surface area contributed by atoms with Gasteiger partial charge in [0.1, 0.15) is 0 Å². The number of hydrogen-bond acceptors (Lipinski definition) is 4. The summed E-state index contributed by atoms with van der Waals surface area (Å²) in [5.74, 6) is -0.348. The second-order valence-electron chi connectivity index (χ2n) is 4.55. The summed E-state index contributed by atoms with van der Waals surface area (Å²) in [5, 5.41) is 3.17. The minimum absolute atomic E-state index is 0.205. The average Bonchev–Trinajstić information content (AvgIpc) is 2.22. The van der Waals surface area contributed by atoms with E-state index in [4.69, 9.17) is 15.2 Å². The molecule has 17 heavy (non-hydrogen) atoms.